The number of aryl methyl sites for hydroxylation is 3. The van der Waals surface area contributed by atoms with E-state index in [9.17, 15) is 0 Å². The first-order valence-electron chi connectivity index (χ1n) is 11.1. The maximum absolute atomic E-state index is 5.90. The summed E-state index contributed by atoms with van der Waals surface area (Å²) in [6.45, 7) is 8.56. The molecule has 0 amide bonds. The molecular weight excluding hydrogens is 426 g/mol. The van der Waals surface area contributed by atoms with Crippen LogP contribution in [0, 0.1) is 27.7 Å². The molecular formula is C27H27N5S. The monoisotopic (exact) mass is 453 g/mol. The van der Waals surface area contributed by atoms with E-state index < -0.39 is 0 Å². The van der Waals surface area contributed by atoms with Gasteiger partial charge in [-0.05, 0) is 99.1 Å². The van der Waals surface area contributed by atoms with Crippen LogP contribution in [0.25, 0.3) is 5.82 Å². The number of anilines is 1. The molecule has 6 heteroatoms. The second-order valence-electron chi connectivity index (χ2n) is 8.61. The maximum Gasteiger partial charge on any atom is 0.174 e. The molecule has 0 saturated carbocycles. The van der Waals surface area contributed by atoms with Crippen molar-refractivity contribution in [2.75, 3.05) is 4.90 Å². The van der Waals surface area contributed by atoms with Gasteiger partial charge in [-0.15, -0.1) is 0 Å². The Labute approximate surface area is 200 Å². The zero-order valence-corrected chi connectivity index (χ0v) is 20.1. The van der Waals surface area contributed by atoms with Crippen molar-refractivity contribution < 1.29 is 0 Å². The van der Waals surface area contributed by atoms with Gasteiger partial charge in [0.1, 0.15) is 5.82 Å². The van der Waals surface area contributed by atoms with Crippen molar-refractivity contribution in [2.24, 2.45) is 0 Å². The van der Waals surface area contributed by atoms with Crippen LogP contribution in [0.5, 0.6) is 0 Å². The fourth-order valence-electron chi connectivity index (χ4n) is 4.75. The van der Waals surface area contributed by atoms with Crippen molar-refractivity contribution >= 4 is 23.0 Å². The van der Waals surface area contributed by atoms with E-state index in [4.69, 9.17) is 12.2 Å². The van der Waals surface area contributed by atoms with E-state index in [1.54, 1.807) is 0 Å². The molecule has 1 aromatic carbocycles. The van der Waals surface area contributed by atoms with Gasteiger partial charge in [-0.3, -0.25) is 4.98 Å². The zero-order valence-electron chi connectivity index (χ0n) is 19.3. The van der Waals surface area contributed by atoms with Crippen LogP contribution in [0.3, 0.4) is 0 Å². The average Bonchev–Trinajstić information content (AvgIpc) is 3.32. The van der Waals surface area contributed by atoms with E-state index in [1.807, 2.05) is 42.7 Å². The Bertz CT molecular complexity index is 1310. The molecule has 0 radical (unpaired) electrons. The second-order valence-corrected chi connectivity index (χ2v) is 9.00. The van der Waals surface area contributed by atoms with E-state index in [1.165, 1.54) is 16.7 Å². The summed E-state index contributed by atoms with van der Waals surface area (Å²) in [7, 11) is 0. The van der Waals surface area contributed by atoms with Gasteiger partial charge in [0, 0.05) is 29.5 Å². The molecule has 0 spiro atoms. The van der Waals surface area contributed by atoms with E-state index >= 15 is 0 Å². The maximum atomic E-state index is 5.90. The molecule has 4 heterocycles. The number of aromatic nitrogens is 3. The molecule has 2 atom stereocenters. The molecule has 5 nitrogen and oxygen atoms in total. The van der Waals surface area contributed by atoms with Gasteiger partial charge in [-0.25, -0.2) is 4.98 Å². The smallest absolute Gasteiger partial charge is 0.174 e. The number of hydrogen-bond acceptors (Lipinski definition) is 3. The molecule has 1 aliphatic heterocycles. The van der Waals surface area contributed by atoms with Crippen LogP contribution < -0.4 is 10.2 Å². The zero-order chi connectivity index (χ0) is 23.1. The quantitative estimate of drug-likeness (QED) is 0.403. The molecule has 0 unspecified atom stereocenters. The molecule has 33 heavy (non-hydrogen) atoms. The van der Waals surface area contributed by atoms with E-state index in [-0.39, 0.29) is 12.1 Å². The minimum absolute atomic E-state index is 0.0434. The Hall–Kier alpha value is -3.51. The van der Waals surface area contributed by atoms with E-state index in [2.05, 4.69) is 82.8 Å². The van der Waals surface area contributed by atoms with Crippen LogP contribution >= 0.6 is 12.2 Å². The van der Waals surface area contributed by atoms with Crippen molar-refractivity contribution in [3.8, 4) is 5.82 Å². The van der Waals surface area contributed by atoms with Gasteiger partial charge in [0.05, 0.1) is 17.8 Å². The van der Waals surface area contributed by atoms with Gasteiger partial charge in [-0.1, -0.05) is 18.2 Å². The van der Waals surface area contributed by atoms with E-state index in [0.717, 1.165) is 28.6 Å². The van der Waals surface area contributed by atoms with Crippen molar-refractivity contribution in [2.45, 2.75) is 39.8 Å². The summed E-state index contributed by atoms with van der Waals surface area (Å²) in [4.78, 5) is 11.5. The Kier molecular flexibility index (Phi) is 5.46. The number of hydrogen-bond donors (Lipinski definition) is 1. The summed E-state index contributed by atoms with van der Waals surface area (Å²) in [5.41, 5.74) is 8.06. The summed E-state index contributed by atoms with van der Waals surface area (Å²) < 4.78 is 2.21. The summed E-state index contributed by atoms with van der Waals surface area (Å²) in [6, 6.07) is 20.7. The fraction of sp³-hybridized carbons (Fsp3) is 0.222. The van der Waals surface area contributed by atoms with Crippen molar-refractivity contribution in [3.63, 3.8) is 0 Å². The van der Waals surface area contributed by atoms with Crippen molar-refractivity contribution in [1.29, 1.82) is 0 Å². The summed E-state index contributed by atoms with van der Waals surface area (Å²) in [5.74, 6) is 0.916. The lowest BCUT2D eigenvalue weighted by Gasteiger charge is -2.28. The van der Waals surface area contributed by atoms with Crippen LogP contribution in [-0.2, 0) is 0 Å². The topological polar surface area (TPSA) is 46.0 Å². The Morgan fingerprint density at radius 3 is 2.27 bits per heavy atom. The highest BCUT2D eigenvalue weighted by Gasteiger charge is 2.42. The molecule has 0 bridgehead atoms. The lowest BCUT2D eigenvalue weighted by atomic mass is 9.96. The molecule has 3 aromatic heterocycles. The van der Waals surface area contributed by atoms with Crippen LogP contribution in [0.15, 0.2) is 73.1 Å². The number of rotatable bonds is 4. The number of thiocarbonyl (C=S) groups is 1. The highest BCUT2D eigenvalue weighted by atomic mass is 32.1. The minimum atomic E-state index is -0.0713. The van der Waals surface area contributed by atoms with Gasteiger partial charge in [0.25, 0.3) is 0 Å². The first kappa shape index (κ1) is 21.3. The molecule has 4 aromatic rings. The van der Waals surface area contributed by atoms with Gasteiger partial charge in [0.15, 0.2) is 5.11 Å². The molecule has 1 saturated heterocycles. The van der Waals surface area contributed by atoms with Gasteiger partial charge in [-0.2, -0.15) is 0 Å². The second kappa shape index (κ2) is 8.45. The van der Waals surface area contributed by atoms with Crippen LogP contribution in [0.4, 0.5) is 5.69 Å². The van der Waals surface area contributed by atoms with E-state index in [0.29, 0.717) is 5.11 Å². The molecule has 5 rings (SSSR count). The molecule has 0 aliphatic carbocycles. The highest BCUT2D eigenvalue weighted by molar-refractivity contribution is 7.80. The van der Waals surface area contributed by atoms with Crippen molar-refractivity contribution in [1.82, 2.24) is 19.9 Å². The minimum Gasteiger partial charge on any atom is -0.351 e. The molecule has 166 valence electrons. The largest absolute Gasteiger partial charge is 0.351 e. The third-order valence-corrected chi connectivity index (χ3v) is 6.85. The van der Waals surface area contributed by atoms with Gasteiger partial charge >= 0.3 is 0 Å². The summed E-state index contributed by atoms with van der Waals surface area (Å²) >= 11 is 5.90. The van der Waals surface area contributed by atoms with Crippen LogP contribution in [0.2, 0.25) is 0 Å². The predicted octanol–water partition coefficient (Wildman–Crippen LogP) is 5.68. The Morgan fingerprint density at radius 1 is 0.848 bits per heavy atom. The average molecular weight is 454 g/mol. The third-order valence-electron chi connectivity index (χ3n) is 6.53. The number of benzene rings is 1. The summed E-state index contributed by atoms with van der Waals surface area (Å²) in [5, 5.41) is 4.28. The Morgan fingerprint density at radius 2 is 1.61 bits per heavy atom. The SMILES string of the molecule is Cc1ccc(N2C(=S)N[C@@H](c3ccccn3)[C@@H]2c2cc(C)n(-c3ccccn3)c2C)cc1C. The number of nitrogens with zero attached hydrogens (tertiary/aromatic N) is 4. The predicted molar refractivity (Wildman–Crippen MR) is 137 cm³/mol. The molecule has 1 aliphatic rings. The Balaban J connectivity index is 1.69. The number of pyridine rings is 2. The lowest BCUT2D eigenvalue weighted by molar-refractivity contribution is 0.565. The fourth-order valence-corrected chi connectivity index (χ4v) is 5.10. The molecule has 1 N–H and O–H groups in total. The lowest BCUT2D eigenvalue weighted by Crippen LogP contribution is -2.29. The van der Waals surface area contributed by atoms with Crippen LogP contribution in [-0.4, -0.2) is 19.6 Å². The van der Waals surface area contributed by atoms with Crippen molar-refractivity contribution in [3.05, 3.63) is 107 Å². The summed E-state index contributed by atoms with van der Waals surface area (Å²) in [6.07, 6.45) is 3.67. The van der Waals surface area contributed by atoms with Gasteiger partial charge in [0.2, 0.25) is 0 Å². The third kappa shape index (κ3) is 3.70. The first-order valence-corrected chi connectivity index (χ1v) is 11.5. The van der Waals surface area contributed by atoms with Gasteiger partial charge < -0.3 is 14.8 Å². The normalized spacial score (nSPS) is 17.9. The highest BCUT2D eigenvalue weighted by Crippen LogP contribution is 2.43. The first-order chi connectivity index (χ1) is 16.0. The molecule has 1 fully saturated rings. The number of nitrogens with one attached hydrogen (secondary N) is 1. The standard InChI is InChI=1S/C27H27N5S/c1-17-11-12-21(15-18(17)2)32-26(25(30-27(32)33)23-9-5-7-13-28-23)22-16-19(3)31(20(22)4)24-10-6-8-14-29-24/h5-16,25-26H,1-4H3,(H,30,33)/t25-,26-/m0/s1. The van der Waals surface area contributed by atoms with Crippen LogP contribution in [0.1, 0.15) is 45.9 Å².